The number of halogens is 2. The van der Waals surface area contributed by atoms with Gasteiger partial charge in [0.2, 0.25) is 0 Å². The van der Waals surface area contributed by atoms with Gasteiger partial charge in [0.05, 0.1) is 0 Å². The van der Waals surface area contributed by atoms with E-state index < -0.39 is 0 Å². The van der Waals surface area contributed by atoms with Gasteiger partial charge in [-0.15, -0.1) is 45.9 Å². The third-order valence-electron chi connectivity index (χ3n) is 3.66. The first-order chi connectivity index (χ1) is 8.99. The van der Waals surface area contributed by atoms with Crippen LogP contribution in [0, 0.1) is 27.7 Å². The molecular weight excluding hydrogens is 315 g/mol. The molecule has 0 saturated carbocycles. The minimum atomic E-state index is 0.601. The highest BCUT2D eigenvalue weighted by Gasteiger charge is 2.18. The molecule has 0 atom stereocenters. The van der Waals surface area contributed by atoms with Crippen molar-refractivity contribution in [1.82, 2.24) is 0 Å². The van der Waals surface area contributed by atoms with Crippen molar-refractivity contribution in [1.29, 1.82) is 0 Å². The summed E-state index contributed by atoms with van der Waals surface area (Å²) < 4.78 is 0. The van der Waals surface area contributed by atoms with E-state index >= 15 is 0 Å². The number of alkyl halides is 2. The largest absolute Gasteiger partial charge is 0.145 e. The molecule has 0 unspecified atom stereocenters. The van der Waals surface area contributed by atoms with Gasteiger partial charge in [0.25, 0.3) is 0 Å². The van der Waals surface area contributed by atoms with Crippen LogP contribution in [0.25, 0.3) is 0 Å². The van der Waals surface area contributed by atoms with E-state index in [0.29, 0.717) is 11.8 Å². The van der Waals surface area contributed by atoms with Gasteiger partial charge in [0.15, 0.2) is 0 Å². The number of hydrogen-bond donors (Lipinski definition) is 0. The Bertz CT molecular complexity index is 542. The van der Waals surface area contributed by atoms with E-state index in [1.54, 1.807) is 0 Å². The van der Waals surface area contributed by atoms with Gasteiger partial charge in [-0.1, -0.05) is 0 Å². The van der Waals surface area contributed by atoms with Gasteiger partial charge >= 0.3 is 0 Å². The first kappa shape index (κ1) is 15.4. The zero-order valence-electron chi connectivity index (χ0n) is 11.7. The fraction of sp³-hybridized carbons (Fsp3) is 0.467. The zero-order chi connectivity index (χ0) is 14.2. The van der Waals surface area contributed by atoms with E-state index in [1.165, 1.54) is 41.8 Å². The molecule has 0 bridgehead atoms. The van der Waals surface area contributed by atoms with Gasteiger partial charge in [-0.3, -0.25) is 0 Å². The van der Waals surface area contributed by atoms with Crippen LogP contribution in [-0.2, 0) is 18.2 Å². The molecule has 2 rings (SSSR count). The highest BCUT2D eigenvalue weighted by molar-refractivity contribution is 7.12. The van der Waals surface area contributed by atoms with Crippen LogP contribution in [0.2, 0.25) is 0 Å². The molecule has 0 saturated heterocycles. The topological polar surface area (TPSA) is 0 Å². The summed E-state index contributed by atoms with van der Waals surface area (Å²) in [5.74, 6) is 1.20. The minimum Gasteiger partial charge on any atom is -0.145 e. The van der Waals surface area contributed by atoms with Crippen LogP contribution in [0.5, 0.6) is 0 Å². The van der Waals surface area contributed by atoms with Crippen LogP contribution in [0.3, 0.4) is 0 Å². The summed E-state index contributed by atoms with van der Waals surface area (Å²) in [6.45, 7) is 8.70. The highest BCUT2D eigenvalue weighted by atomic mass is 35.5. The molecule has 2 aromatic heterocycles. The Hall–Kier alpha value is -0.0200. The molecule has 0 aliphatic rings. The van der Waals surface area contributed by atoms with Gasteiger partial charge in [-0.25, -0.2) is 0 Å². The van der Waals surface area contributed by atoms with Crippen molar-refractivity contribution in [2.75, 3.05) is 0 Å². The molecule has 19 heavy (non-hydrogen) atoms. The summed E-state index contributed by atoms with van der Waals surface area (Å²) >= 11 is 15.9. The maximum atomic E-state index is 6.12. The molecule has 0 radical (unpaired) electrons. The molecule has 0 N–H and O–H groups in total. The van der Waals surface area contributed by atoms with E-state index in [2.05, 4.69) is 27.7 Å². The molecule has 0 aromatic carbocycles. The Morgan fingerprint density at radius 3 is 1.26 bits per heavy atom. The Morgan fingerprint density at radius 2 is 0.947 bits per heavy atom. The summed E-state index contributed by atoms with van der Waals surface area (Å²) in [5.41, 5.74) is 5.44. The van der Waals surface area contributed by atoms with E-state index in [9.17, 15) is 0 Å². The Morgan fingerprint density at radius 1 is 0.632 bits per heavy atom. The maximum absolute atomic E-state index is 6.12. The standard InChI is InChI=1S/C15H18Cl2S2/c1-8-12(14(6-16)10(3)18-8)5-13-9(2)19-11(4)15(13)7-17/h5-7H2,1-4H3. The second-order valence-corrected chi connectivity index (χ2v) is 8.18. The summed E-state index contributed by atoms with van der Waals surface area (Å²) in [5, 5.41) is 0. The fourth-order valence-corrected chi connectivity index (χ4v) is 5.62. The normalized spacial score (nSPS) is 11.3. The number of thiophene rings is 2. The third kappa shape index (κ3) is 2.87. The van der Waals surface area contributed by atoms with Crippen molar-refractivity contribution in [3.8, 4) is 0 Å². The molecule has 2 aromatic rings. The first-order valence-corrected chi connectivity index (χ1v) is 8.97. The van der Waals surface area contributed by atoms with Crippen LogP contribution in [0.4, 0.5) is 0 Å². The van der Waals surface area contributed by atoms with Gasteiger partial charge < -0.3 is 0 Å². The lowest BCUT2D eigenvalue weighted by molar-refractivity contribution is 1.10. The van der Waals surface area contributed by atoms with E-state index in [1.807, 2.05) is 22.7 Å². The lowest BCUT2D eigenvalue weighted by Gasteiger charge is -2.07. The predicted octanol–water partition coefficient (Wildman–Crippen LogP) is 6.11. The summed E-state index contributed by atoms with van der Waals surface area (Å²) in [4.78, 5) is 5.47. The van der Waals surface area contributed by atoms with Crippen LogP contribution in [0.15, 0.2) is 0 Å². The molecule has 0 nitrogen and oxygen atoms in total. The maximum Gasteiger partial charge on any atom is 0.0487 e. The smallest absolute Gasteiger partial charge is 0.0487 e. The lowest BCUT2D eigenvalue weighted by atomic mass is 9.98. The van der Waals surface area contributed by atoms with Crippen molar-refractivity contribution in [2.24, 2.45) is 0 Å². The summed E-state index contributed by atoms with van der Waals surface area (Å²) in [7, 11) is 0. The van der Waals surface area contributed by atoms with Gasteiger partial charge in [0, 0.05) is 37.7 Å². The quantitative estimate of drug-likeness (QED) is 0.592. The predicted molar refractivity (Wildman–Crippen MR) is 89.5 cm³/mol. The van der Waals surface area contributed by atoms with Crippen molar-refractivity contribution >= 4 is 45.9 Å². The Kier molecular flexibility index (Phi) is 4.99. The number of rotatable bonds is 4. The third-order valence-corrected chi connectivity index (χ3v) is 6.41. The molecule has 0 spiro atoms. The average molecular weight is 333 g/mol. The Balaban J connectivity index is 2.47. The molecular formula is C15H18Cl2S2. The van der Waals surface area contributed by atoms with Crippen LogP contribution in [-0.4, -0.2) is 0 Å². The number of hydrogen-bond acceptors (Lipinski definition) is 2. The lowest BCUT2D eigenvalue weighted by Crippen LogP contribution is -1.97. The Labute approximate surface area is 133 Å². The van der Waals surface area contributed by atoms with Gasteiger partial charge in [0.1, 0.15) is 0 Å². The van der Waals surface area contributed by atoms with E-state index in [4.69, 9.17) is 23.2 Å². The van der Waals surface area contributed by atoms with E-state index in [-0.39, 0.29) is 0 Å². The average Bonchev–Trinajstić information content (AvgIpc) is 2.77. The second kappa shape index (κ2) is 6.17. The minimum absolute atomic E-state index is 0.601. The number of aryl methyl sites for hydroxylation is 4. The SMILES string of the molecule is Cc1sc(C)c(Cc2c(C)sc(C)c2CCl)c1CCl. The van der Waals surface area contributed by atoms with Crippen LogP contribution >= 0.6 is 45.9 Å². The summed E-state index contributed by atoms with van der Waals surface area (Å²) in [6.07, 6.45) is 0.969. The molecule has 0 amide bonds. The van der Waals surface area contributed by atoms with Gasteiger partial charge in [-0.05, 0) is 49.9 Å². The second-order valence-electron chi connectivity index (χ2n) is 4.79. The molecule has 4 heteroatoms. The highest BCUT2D eigenvalue weighted by Crippen LogP contribution is 2.35. The van der Waals surface area contributed by atoms with Gasteiger partial charge in [-0.2, -0.15) is 0 Å². The van der Waals surface area contributed by atoms with Crippen molar-refractivity contribution < 1.29 is 0 Å². The van der Waals surface area contributed by atoms with Crippen molar-refractivity contribution in [3.05, 3.63) is 41.8 Å². The molecule has 104 valence electrons. The van der Waals surface area contributed by atoms with Crippen molar-refractivity contribution in [2.45, 2.75) is 45.9 Å². The van der Waals surface area contributed by atoms with Crippen LogP contribution in [0.1, 0.15) is 41.8 Å². The van der Waals surface area contributed by atoms with Crippen molar-refractivity contribution in [3.63, 3.8) is 0 Å². The monoisotopic (exact) mass is 332 g/mol. The molecule has 0 fully saturated rings. The molecule has 2 heterocycles. The molecule has 0 aliphatic carbocycles. The summed E-state index contributed by atoms with van der Waals surface area (Å²) in [6, 6.07) is 0. The van der Waals surface area contributed by atoms with Crippen LogP contribution < -0.4 is 0 Å². The first-order valence-electron chi connectivity index (χ1n) is 6.27. The zero-order valence-corrected chi connectivity index (χ0v) is 14.8. The fourth-order valence-electron chi connectivity index (χ4n) is 2.54. The molecule has 0 aliphatic heterocycles. The van der Waals surface area contributed by atoms with E-state index in [0.717, 1.165) is 6.42 Å².